The molecule has 0 unspecified atom stereocenters. The van der Waals surface area contributed by atoms with Gasteiger partial charge in [0.2, 0.25) is 0 Å². The highest BCUT2D eigenvalue weighted by atomic mass is 16.3. The summed E-state index contributed by atoms with van der Waals surface area (Å²) < 4.78 is 0. The lowest BCUT2D eigenvalue weighted by molar-refractivity contribution is -0.117. The van der Waals surface area contributed by atoms with Crippen LogP contribution in [-0.4, -0.2) is 65.3 Å². The largest absolute Gasteiger partial charge is 0.393 e. The van der Waals surface area contributed by atoms with Gasteiger partial charge in [0.25, 0.3) is 0 Å². The van der Waals surface area contributed by atoms with Crippen LogP contribution in [0.15, 0.2) is 0 Å². The SMILES string of the molecule is O=C1CCCC1.OC1CCN(C2CCCC2)CC1.OC1CCNCC1. The molecule has 4 fully saturated rings. The Kier molecular flexibility index (Phi) is 9.99. The third-order valence-corrected chi connectivity index (χ3v) is 5.81. The van der Waals surface area contributed by atoms with E-state index in [1.165, 1.54) is 25.7 Å². The lowest BCUT2D eigenvalue weighted by Crippen LogP contribution is -2.41. The van der Waals surface area contributed by atoms with Crippen molar-refractivity contribution in [2.24, 2.45) is 0 Å². The third kappa shape index (κ3) is 8.63. The Balaban J connectivity index is 0.000000148. The van der Waals surface area contributed by atoms with E-state index in [1.807, 2.05) is 0 Å². The first kappa shape index (κ1) is 20.8. The number of carbonyl (C=O) groups excluding carboxylic acids is 1. The Morgan fingerprint density at radius 2 is 1.28 bits per heavy atom. The highest BCUT2D eigenvalue weighted by Crippen LogP contribution is 2.25. The molecule has 3 N–H and O–H groups in total. The first-order valence-corrected chi connectivity index (χ1v) is 10.5. The van der Waals surface area contributed by atoms with E-state index in [-0.39, 0.29) is 12.2 Å². The molecule has 0 aromatic heterocycles. The molecule has 25 heavy (non-hydrogen) atoms. The van der Waals surface area contributed by atoms with Crippen LogP contribution in [-0.2, 0) is 4.79 Å². The van der Waals surface area contributed by atoms with E-state index in [2.05, 4.69) is 10.2 Å². The van der Waals surface area contributed by atoms with Crippen molar-refractivity contribution in [3.05, 3.63) is 0 Å². The van der Waals surface area contributed by atoms with Crippen molar-refractivity contribution in [1.29, 1.82) is 0 Å². The van der Waals surface area contributed by atoms with Crippen molar-refractivity contribution in [3.8, 4) is 0 Å². The highest BCUT2D eigenvalue weighted by molar-refractivity contribution is 5.80. The Bertz CT molecular complexity index is 350. The van der Waals surface area contributed by atoms with E-state index in [0.29, 0.717) is 5.78 Å². The number of piperidine rings is 2. The number of Topliss-reactive ketones (excluding diaryl/α,β-unsaturated/α-hetero) is 1. The van der Waals surface area contributed by atoms with Crippen LogP contribution in [0.25, 0.3) is 0 Å². The molecular formula is C20H38N2O3. The lowest BCUT2D eigenvalue weighted by atomic mass is 10.1. The van der Waals surface area contributed by atoms with Crippen LogP contribution < -0.4 is 5.32 Å². The second-order valence-electron chi connectivity index (χ2n) is 7.93. The van der Waals surface area contributed by atoms with Gasteiger partial charge in [-0.2, -0.15) is 0 Å². The van der Waals surface area contributed by atoms with Gasteiger partial charge < -0.3 is 20.4 Å². The minimum absolute atomic E-state index is 0.0114. The van der Waals surface area contributed by atoms with Crippen molar-refractivity contribution in [2.75, 3.05) is 26.2 Å². The topological polar surface area (TPSA) is 72.8 Å². The van der Waals surface area contributed by atoms with Crippen molar-refractivity contribution >= 4 is 5.78 Å². The zero-order valence-electron chi connectivity index (χ0n) is 15.8. The standard InChI is InChI=1S/C10H19NO.C5H11NO.C5H8O/c12-10-5-7-11(8-6-10)9-3-1-2-4-9;7-5-1-3-6-4-2-5;6-5-3-1-2-4-5/h9-10,12H,1-8H2;5-7H,1-4H2;1-4H2. The number of aliphatic hydroxyl groups excluding tert-OH is 2. The van der Waals surface area contributed by atoms with Gasteiger partial charge in [0, 0.05) is 32.0 Å². The van der Waals surface area contributed by atoms with Crippen LogP contribution in [0.4, 0.5) is 0 Å². The molecule has 2 heterocycles. The molecule has 0 aromatic carbocycles. The van der Waals surface area contributed by atoms with E-state index < -0.39 is 0 Å². The zero-order chi connectivity index (χ0) is 17.9. The number of carbonyl (C=O) groups is 1. The van der Waals surface area contributed by atoms with Gasteiger partial charge in [-0.05, 0) is 64.5 Å². The maximum atomic E-state index is 10.2. The van der Waals surface area contributed by atoms with Gasteiger partial charge in [0.1, 0.15) is 5.78 Å². The Morgan fingerprint density at radius 1 is 0.760 bits per heavy atom. The summed E-state index contributed by atoms with van der Waals surface area (Å²) in [5.74, 6) is 0.454. The average molecular weight is 355 g/mol. The monoisotopic (exact) mass is 354 g/mol. The Hall–Kier alpha value is -0.490. The van der Waals surface area contributed by atoms with Crippen molar-refractivity contribution in [3.63, 3.8) is 0 Å². The fourth-order valence-corrected chi connectivity index (χ4v) is 4.10. The Morgan fingerprint density at radius 3 is 1.68 bits per heavy atom. The van der Waals surface area contributed by atoms with Gasteiger partial charge in [-0.25, -0.2) is 0 Å². The van der Waals surface area contributed by atoms with Crippen molar-refractivity contribution < 1.29 is 15.0 Å². The van der Waals surface area contributed by atoms with Crippen LogP contribution in [0.2, 0.25) is 0 Å². The zero-order valence-corrected chi connectivity index (χ0v) is 15.8. The summed E-state index contributed by atoms with van der Waals surface area (Å²) in [5.41, 5.74) is 0. The summed E-state index contributed by atoms with van der Waals surface area (Å²) in [6.45, 7) is 4.24. The van der Waals surface area contributed by atoms with Gasteiger partial charge in [0.05, 0.1) is 12.2 Å². The number of nitrogens with zero attached hydrogens (tertiary/aromatic N) is 1. The molecular weight excluding hydrogens is 316 g/mol. The second-order valence-corrected chi connectivity index (χ2v) is 7.93. The molecule has 5 nitrogen and oxygen atoms in total. The fourth-order valence-electron chi connectivity index (χ4n) is 4.10. The number of ketones is 1. The van der Waals surface area contributed by atoms with E-state index in [4.69, 9.17) is 5.11 Å². The van der Waals surface area contributed by atoms with Gasteiger partial charge in [-0.15, -0.1) is 0 Å². The fraction of sp³-hybridized carbons (Fsp3) is 0.950. The first-order chi connectivity index (χ1) is 12.1. The molecule has 2 saturated heterocycles. The van der Waals surface area contributed by atoms with Crippen molar-refractivity contribution in [1.82, 2.24) is 10.2 Å². The van der Waals surface area contributed by atoms with Gasteiger partial charge >= 0.3 is 0 Å². The minimum Gasteiger partial charge on any atom is -0.393 e. The van der Waals surface area contributed by atoms with Gasteiger partial charge in [0.15, 0.2) is 0 Å². The molecule has 2 aliphatic carbocycles. The van der Waals surface area contributed by atoms with E-state index in [0.717, 1.165) is 83.6 Å². The maximum Gasteiger partial charge on any atom is 0.132 e. The number of rotatable bonds is 1. The normalized spacial score (nSPS) is 26.7. The molecule has 5 heteroatoms. The van der Waals surface area contributed by atoms with Crippen LogP contribution in [0, 0.1) is 0 Å². The molecule has 0 bridgehead atoms. The van der Waals surface area contributed by atoms with Crippen LogP contribution >= 0.6 is 0 Å². The molecule has 2 aliphatic heterocycles. The first-order valence-electron chi connectivity index (χ1n) is 10.5. The predicted octanol–water partition coefficient (Wildman–Crippen LogP) is 2.25. The van der Waals surface area contributed by atoms with E-state index in [1.54, 1.807) is 0 Å². The summed E-state index contributed by atoms with van der Waals surface area (Å²) in [7, 11) is 0. The number of hydrogen-bond donors (Lipinski definition) is 3. The molecule has 0 atom stereocenters. The lowest BCUT2D eigenvalue weighted by Gasteiger charge is -2.34. The third-order valence-electron chi connectivity index (χ3n) is 5.81. The smallest absolute Gasteiger partial charge is 0.132 e. The van der Waals surface area contributed by atoms with Crippen molar-refractivity contribution in [2.45, 2.75) is 95.3 Å². The van der Waals surface area contributed by atoms with Crippen LogP contribution in [0.3, 0.4) is 0 Å². The molecule has 4 aliphatic rings. The number of likely N-dealkylation sites (tertiary alicyclic amines) is 1. The van der Waals surface area contributed by atoms with Crippen LogP contribution in [0.1, 0.15) is 77.0 Å². The summed E-state index contributed by atoms with van der Waals surface area (Å²) in [4.78, 5) is 12.8. The Labute approximate surface area is 153 Å². The molecule has 0 spiro atoms. The number of aliphatic hydroxyl groups is 2. The second kappa shape index (κ2) is 12.0. The summed E-state index contributed by atoms with van der Waals surface area (Å²) in [5, 5.41) is 21.4. The summed E-state index contributed by atoms with van der Waals surface area (Å²) in [6.07, 6.45) is 13.4. The minimum atomic E-state index is -0.0266. The van der Waals surface area contributed by atoms with E-state index >= 15 is 0 Å². The van der Waals surface area contributed by atoms with Gasteiger partial charge in [-0.1, -0.05) is 12.8 Å². The maximum absolute atomic E-state index is 10.2. The summed E-state index contributed by atoms with van der Waals surface area (Å²) >= 11 is 0. The molecule has 146 valence electrons. The molecule has 0 radical (unpaired) electrons. The molecule has 2 saturated carbocycles. The molecule has 0 aromatic rings. The quantitative estimate of drug-likeness (QED) is 0.674. The number of hydrogen-bond acceptors (Lipinski definition) is 5. The van der Waals surface area contributed by atoms with Crippen LogP contribution in [0.5, 0.6) is 0 Å². The molecule has 4 rings (SSSR count). The van der Waals surface area contributed by atoms with E-state index in [9.17, 15) is 9.90 Å². The summed E-state index contributed by atoms with van der Waals surface area (Å²) in [6, 6.07) is 0.859. The predicted molar refractivity (Wildman–Crippen MR) is 101 cm³/mol. The molecule has 0 amide bonds. The van der Waals surface area contributed by atoms with Gasteiger partial charge in [-0.3, -0.25) is 4.79 Å². The number of nitrogens with one attached hydrogen (secondary N) is 1. The highest BCUT2D eigenvalue weighted by Gasteiger charge is 2.25. The average Bonchev–Trinajstić information content (AvgIpc) is 3.31.